The molecule has 3 heterocycles. The molecule has 0 atom stereocenters. The number of unbranched alkanes of at least 4 members (excludes halogenated alkanes) is 10. The van der Waals surface area contributed by atoms with Gasteiger partial charge in [0.05, 0.1) is 22.9 Å². The van der Waals surface area contributed by atoms with Gasteiger partial charge < -0.3 is 4.74 Å². The fourth-order valence-corrected chi connectivity index (χ4v) is 15.0. The Morgan fingerprint density at radius 1 is 0.474 bits per heavy atom. The molecule has 2 aliphatic carbocycles. The molecule has 0 radical (unpaired) electrons. The van der Waals surface area contributed by atoms with E-state index in [0.717, 1.165) is 130 Å². The average molecular weight is 1090 g/mol. The van der Waals surface area contributed by atoms with Gasteiger partial charge in [-0.05, 0) is 138 Å². The van der Waals surface area contributed by atoms with Crippen molar-refractivity contribution in [1.29, 1.82) is 0 Å². The molecule has 0 saturated heterocycles. The summed E-state index contributed by atoms with van der Waals surface area (Å²) < 4.78 is 104. The van der Waals surface area contributed by atoms with E-state index in [1.54, 1.807) is 55.7 Å². The van der Waals surface area contributed by atoms with Crippen molar-refractivity contribution < 1.29 is 31.1 Å². The summed E-state index contributed by atoms with van der Waals surface area (Å²) in [7, 11) is 1.68. The van der Waals surface area contributed by atoms with Gasteiger partial charge >= 0.3 is 17.8 Å². The number of hydrogen-bond acceptors (Lipinski definition) is 5. The van der Waals surface area contributed by atoms with Gasteiger partial charge in [0.1, 0.15) is 10.8 Å². The summed E-state index contributed by atoms with van der Waals surface area (Å²) >= 11 is 3.96. The molecule has 0 spiro atoms. The van der Waals surface area contributed by atoms with Gasteiger partial charge in [0.2, 0.25) is 0 Å². The number of aromatic nitrogens is 1. The van der Waals surface area contributed by atoms with E-state index in [1.807, 2.05) is 18.2 Å². The molecule has 2 nitrogen and oxygen atoms in total. The van der Waals surface area contributed by atoms with Gasteiger partial charge in [-0.25, -0.2) is 4.98 Å². The quantitative estimate of drug-likeness (QED) is 0.0528. The number of ether oxygens (including phenoxy) is 1. The number of hydrogen-bond donors (Lipinski definition) is 0. The van der Waals surface area contributed by atoms with Crippen LogP contribution in [0.5, 0.6) is 5.75 Å². The second-order valence-electron chi connectivity index (χ2n) is 21.0. The zero-order valence-corrected chi connectivity index (χ0v) is 46.7. The molecule has 11 heteroatoms. The van der Waals surface area contributed by atoms with Gasteiger partial charge in [-0.3, -0.25) is 0 Å². The first kappa shape index (κ1) is 53.9. The number of methoxy groups -OCH3 is 1. The third-order valence-electron chi connectivity index (χ3n) is 16.0. The van der Waals surface area contributed by atoms with Crippen LogP contribution in [0.3, 0.4) is 0 Å². The van der Waals surface area contributed by atoms with E-state index in [-0.39, 0.29) is 26.3 Å². The molecule has 3 aromatic heterocycles. The van der Waals surface area contributed by atoms with E-state index in [4.69, 9.17) is 9.72 Å². The summed E-state index contributed by atoms with van der Waals surface area (Å²) in [4.78, 5) is 6.67. The van der Waals surface area contributed by atoms with Crippen molar-refractivity contribution in [3.63, 3.8) is 0 Å². The second kappa shape index (κ2) is 21.7. The molecule has 76 heavy (non-hydrogen) atoms. The molecular weight excluding hydrogens is 1020 g/mol. The Bertz CT molecular complexity index is 3420. The van der Waals surface area contributed by atoms with E-state index in [9.17, 15) is 0 Å². The van der Waals surface area contributed by atoms with Crippen molar-refractivity contribution in [3.8, 4) is 59.5 Å². The Labute approximate surface area is 455 Å². The van der Waals surface area contributed by atoms with Crippen LogP contribution in [0.25, 0.3) is 75.1 Å². The molecule has 8 aromatic rings. The topological polar surface area (TPSA) is 22.1 Å². The van der Waals surface area contributed by atoms with Crippen LogP contribution in [0.2, 0.25) is 0 Å². The Morgan fingerprint density at radius 2 is 0.987 bits per heavy atom. The van der Waals surface area contributed by atoms with E-state index < -0.39 is 28.9 Å². The molecule has 0 amide bonds. The second-order valence-corrected chi connectivity index (χ2v) is 24.6. The van der Waals surface area contributed by atoms with Crippen molar-refractivity contribution in [1.82, 2.24) is 4.98 Å². The van der Waals surface area contributed by atoms with Gasteiger partial charge in [0, 0.05) is 36.1 Å². The van der Waals surface area contributed by atoms with Crippen LogP contribution in [-0.2, 0) is 5.41 Å². The number of thiazole rings is 1. The van der Waals surface area contributed by atoms with E-state index in [2.05, 4.69) is 75.4 Å². The third kappa shape index (κ3) is 9.58. The summed E-state index contributed by atoms with van der Waals surface area (Å²) in [5.41, 5.74) is 7.87. The molecule has 0 bridgehead atoms. The molecule has 5 aromatic carbocycles. The lowest BCUT2D eigenvalue weighted by molar-refractivity contribution is -0.254. The Balaban J connectivity index is 1.08. The maximum Gasteiger partial charge on any atom is 0.380 e. The predicted octanol–water partition coefficient (Wildman–Crippen LogP) is 21.6. The maximum atomic E-state index is 16.5. The van der Waals surface area contributed by atoms with Gasteiger partial charge in [-0.15, -0.1) is 34.0 Å². The number of rotatable bonds is 21. The lowest BCUT2D eigenvalue weighted by Gasteiger charge is -2.33. The van der Waals surface area contributed by atoms with Crippen LogP contribution in [0, 0.1) is 20.8 Å². The van der Waals surface area contributed by atoms with Gasteiger partial charge in [-0.2, -0.15) is 26.3 Å². The van der Waals surface area contributed by atoms with Gasteiger partial charge in [0.15, 0.2) is 0 Å². The molecule has 0 saturated carbocycles. The number of halogens is 6. The highest BCUT2D eigenvalue weighted by atomic mass is 32.1. The normalized spacial score (nSPS) is 15.9. The number of nitrogens with zero attached hydrogens (tertiary/aromatic N) is 1. The summed E-state index contributed by atoms with van der Waals surface area (Å²) in [6.45, 7) is 9.63. The minimum absolute atomic E-state index is 0.262. The minimum atomic E-state index is -5.66. The molecule has 0 N–H and O–H groups in total. The minimum Gasteiger partial charge on any atom is -0.496 e. The van der Waals surface area contributed by atoms with Crippen LogP contribution < -0.4 is 4.74 Å². The summed E-state index contributed by atoms with van der Waals surface area (Å²) in [6.07, 6.45) is 15.5. The molecule has 0 unspecified atom stereocenters. The van der Waals surface area contributed by atoms with Crippen molar-refractivity contribution in [2.75, 3.05) is 7.11 Å². The van der Waals surface area contributed by atoms with Crippen LogP contribution >= 0.6 is 34.0 Å². The van der Waals surface area contributed by atoms with Crippen molar-refractivity contribution in [2.45, 2.75) is 148 Å². The van der Waals surface area contributed by atoms with Crippen molar-refractivity contribution in [2.24, 2.45) is 0 Å². The average Bonchev–Trinajstić information content (AvgIpc) is 4.41. The smallest absolute Gasteiger partial charge is 0.380 e. The lowest BCUT2D eigenvalue weighted by Crippen LogP contribution is -2.48. The largest absolute Gasteiger partial charge is 0.496 e. The van der Waals surface area contributed by atoms with Crippen LogP contribution in [-0.4, -0.2) is 29.9 Å². The first-order valence-electron chi connectivity index (χ1n) is 27.1. The maximum absolute atomic E-state index is 16.5. The Kier molecular flexibility index (Phi) is 15.4. The zero-order valence-electron chi connectivity index (χ0n) is 44.2. The molecule has 2 aliphatic rings. The Morgan fingerprint density at radius 3 is 1.57 bits per heavy atom. The highest BCUT2D eigenvalue weighted by Gasteiger charge is 2.80. The monoisotopic (exact) mass is 1090 g/mol. The molecule has 10 rings (SSSR count). The number of allylic oxidation sites excluding steroid dienone is 2. The molecule has 0 fully saturated rings. The number of benzene rings is 5. The van der Waals surface area contributed by atoms with E-state index in [0.29, 0.717) is 15.3 Å². The predicted molar refractivity (Wildman–Crippen MR) is 308 cm³/mol. The highest BCUT2D eigenvalue weighted by molar-refractivity contribution is 7.21. The summed E-state index contributed by atoms with van der Waals surface area (Å²) in [5, 5.41) is 0.901. The van der Waals surface area contributed by atoms with Gasteiger partial charge in [0.25, 0.3) is 0 Å². The lowest BCUT2D eigenvalue weighted by atomic mass is 9.70. The Hall–Kier alpha value is -5.49. The fraction of sp³-hybridized carbons (Fsp3) is 0.369. The zero-order chi connectivity index (χ0) is 53.6. The van der Waals surface area contributed by atoms with Crippen LogP contribution in [0.1, 0.15) is 141 Å². The number of thiophene rings is 2. The molecule has 0 aliphatic heterocycles. The number of aryl methyl sites for hydroxylation is 3. The van der Waals surface area contributed by atoms with Crippen LogP contribution in [0.15, 0.2) is 115 Å². The third-order valence-corrected chi connectivity index (χ3v) is 19.2. The standard InChI is InChI=1S/C65H65F6NOS3/c1-7-9-11-13-15-20-32-62(33-21-16-14-12-10-8-2)52-35-44(45-27-30-54-58(37-45)76-61(72-54)51-34-40(3)24-31-55(51)73-6)25-28-47(52)48-29-26-46(36-53(48)62)57-39-50(42(5)75-57)60-59(63(66,67)65(70,71)64(60,68)69)49-38-56(74-41(49)4)43-22-18-17-19-23-43/h17-19,22-31,34-39H,7-16,20-21,32-33H2,1-6H3. The summed E-state index contributed by atoms with van der Waals surface area (Å²) in [5.74, 6) is -15.2. The first-order valence-corrected chi connectivity index (χ1v) is 29.5. The number of alkyl halides is 6. The van der Waals surface area contributed by atoms with Crippen molar-refractivity contribution >= 4 is 55.4 Å². The SMILES string of the molecule is CCCCCCCCC1(CCCCCCCC)c2cc(-c3ccc4nc(-c5cc(C)ccc5OC)sc4c3)ccc2-c2ccc(-c3cc(C4=C(c5cc(-c6ccccc6)sc5C)C(F)(F)C(F)(F)C4(F)F)c(C)s3)cc21. The summed E-state index contributed by atoms with van der Waals surface area (Å²) in [6, 6.07) is 37.6. The molecule has 396 valence electrons. The van der Waals surface area contributed by atoms with Gasteiger partial charge in [-0.1, -0.05) is 163 Å². The first-order chi connectivity index (χ1) is 36.5. The van der Waals surface area contributed by atoms with E-state index in [1.165, 1.54) is 72.8 Å². The fourth-order valence-electron chi connectivity index (χ4n) is 11.9. The highest BCUT2D eigenvalue weighted by Crippen LogP contribution is 2.66. The molecular formula is C65H65F6NOS3. The van der Waals surface area contributed by atoms with E-state index >= 15 is 26.3 Å². The van der Waals surface area contributed by atoms with Crippen LogP contribution in [0.4, 0.5) is 26.3 Å². The van der Waals surface area contributed by atoms with Crippen molar-refractivity contribution in [3.05, 3.63) is 153 Å². The number of fused-ring (bicyclic) bond motifs is 4.